The molecule has 7 atom stereocenters. The van der Waals surface area contributed by atoms with Gasteiger partial charge in [0.2, 0.25) is 0 Å². The number of esters is 1. The van der Waals surface area contributed by atoms with Crippen molar-refractivity contribution in [2.24, 2.45) is 0 Å². The lowest BCUT2D eigenvalue weighted by molar-refractivity contribution is -0.140. The van der Waals surface area contributed by atoms with E-state index in [0.29, 0.717) is 31.3 Å². The predicted molar refractivity (Wildman–Crippen MR) is 165 cm³/mol. The molecule has 0 aromatic carbocycles. The molecule has 2 saturated heterocycles. The number of aliphatic hydroxyl groups is 2. The molecule has 42 heavy (non-hydrogen) atoms. The third kappa shape index (κ3) is 13.2. The molecule has 3 aliphatic rings. The maximum atomic E-state index is 12.6. The number of aliphatic hydroxyl groups excluding tert-OH is 2. The minimum absolute atomic E-state index is 0.0283. The molecule has 3 aliphatic heterocycles. The van der Waals surface area contributed by atoms with Crippen LogP contribution in [0.4, 0.5) is 0 Å². The van der Waals surface area contributed by atoms with Crippen LogP contribution in [0, 0.1) is 0 Å². The third-order valence-corrected chi connectivity index (χ3v) is 9.33. The van der Waals surface area contributed by atoms with E-state index in [4.69, 9.17) is 14.2 Å². The molecule has 7 heteroatoms. The Bertz CT molecular complexity index is 811. The number of rotatable bonds is 22. The second-order valence-corrected chi connectivity index (χ2v) is 13.2. The van der Waals surface area contributed by atoms with E-state index >= 15 is 0 Å². The minimum atomic E-state index is -0.545. The Hall–Kier alpha value is -1.28. The molecule has 0 bridgehead atoms. The fourth-order valence-corrected chi connectivity index (χ4v) is 6.81. The largest absolute Gasteiger partial charge is 0.455 e. The number of carbonyl (C=O) groups excluding carboxylic acids is 2. The Morgan fingerprint density at radius 2 is 1.38 bits per heavy atom. The summed E-state index contributed by atoms with van der Waals surface area (Å²) in [4.78, 5) is 24.5. The summed E-state index contributed by atoms with van der Waals surface area (Å²) in [5, 5.41) is 21.3. The van der Waals surface area contributed by atoms with Gasteiger partial charge in [0.15, 0.2) is 0 Å². The topological polar surface area (TPSA) is 102 Å². The van der Waals surface area contributed by atoms with Crippen LogP contribution in [0.15, 0.2) is 11.6 Å². The first-order valence-electron chi connectivity index (χ1n) is 17.5. The van der Waals surface area contributed by atoms with Crippen LogP contribution in [0.3, 0.4) is 0 Å². The van der Waals surface area contributed by atoms with Crippen LogP contribution in [-0.4, -0.2) is 64.7 Å². The summed E-state index contributed by atoms with van der Waals surface area (Å²) in [6, 6.07) is 0. The normalized spacial score (nSPS) is 27.6. The number of hydrogen-bond acceptors (Lipinski definition) is 7. The Morgan fingerprint density at radius 1 is 0.810 bits per heavy atom. The van der Waals surface area contributed by atoms with E-state index in [1.807, 2.05) is 13.0 Å². The standard InChI is InChI=1S/C35H60O7/c1-3-4-5-6-7-8-9-10-11-12-19-31(37)33-21-22-34(42-33)32(38)20-14-13-16-28(36)25-30-18-15-17-29(41-30)24-27-23-26(2)40-35(27)39/h23,26,29-34,37-38H,3-22,24-25H2,1-2H3/t26?,29?,30?,31-,32+,33-,34+/m0/s1. The van der Waals surface area contributed by atoms with Gasteiger partial charge in [0, 0.05) is 24.8 Å². The highest BCUT2D eigenvalue weighted by Crippen LogP contribution is 2.30. The van der Waals surface area contributed by atoms with Crippen molar-refractivity contribution in [1.29, 1.82) is 0 Å². The predicted octanol–water partition coefficient (Wildman–Crippen LogP) is 7.29. The van der Waals surface area contributed by atoms with Gasteiger partial charge in [-0.2, -0.15) is 0 Å². The molecule has 3 rings (SSSR count). The van der Waals surface area contributed by atoms with Gasteiger partial charge in [-0.25, -0.2) is 4.79 Å². The maximum absolute atomic E-state index is 12.6. The summed E-state index contributed by atoms with van der Waals surface area (Å²) in [5.41, 5.74) is 0.694. The molecule has 0 aliphatic carbocycles. The molecule has 3 heterocycles. The Labute approximate surface area is 255 Å². The first kappa shape index (κ1) is 35.2. The second-order valence-electron chi connectivity index (χ2n) is 13.2. The van der Waals surface area contributed by atoms with Crippen LogP contribution < -0.4 is 0 Å². The smallest absolute Gasteiger partial charge is 0.334 e. The third-order valence-electron chi connectivity index (χ3n) is 9.33. The molecular formula is C35H60O7. The Kier molecular flexibility index (Phi) is 16.7. The first-order chi connectivity index (χ1) is 20.4. The summed E-state index contributed by atoms with van der Waals surface area (Å²) in [5.74, 6) is -0.0407. The highest BCUT2D eigenvalue weighted by atomic mass is 16.5. The fourth-order valence-electron chi connectivity index (χ4n) is 6.81. The first-order valence-corrected chi connectivity index (χ1v) is 17.5. The number of unbranched alkanes of at least 4 members (excludes halogenated alkanes) is 10. The van der Waals surface area contributed by atoms with Crippen LogP contribution in [0.1, 0.15) is 155 Å². The summed E-state index contributed by atoms with van der Waals surface area (Å²) < 4.78 is 17.4. The lowest BCUT2D eigenvalue weighted by atomic mass is 9.95. The molecule has 0 saturated carbocycles. The molecule has 0 amide bonds. The van der Waals surface area contributed by atoms with Crippen molar-refractivity contribution in [3.63, 3.8) is 0 Å². The van der Waals surface area contributed by atoms with Gasteiger partial charge in [-0.3, -0.25) is 4.79 Å². The fraction of sp³-hybridized carbons (Fsp3) is 0.886. The minimum Gasteiger partial charge on any atom is -0.455 e. The molecule has 2 N–H and O–H groups in total. The molecule has 0 aromatic rings. The quantitative estimate of drug-likeness (QED) is 0.101. The van der Waals surface area contributed by atoms with Crippen molar-refractivity contribution in [3.05, 3.63) is 11.6 Å². The van der Waals surface area contributed by atoms with Crippen molar-refractivity contribution >= 4 is 11.8 Å². The summed E-state index contributed by atoms with van der Waals surface area (Å²) >= 11 is 0. The van der Waals surface area contributed by atoms with Crippen molar-refractivity contribution in [2.45, 2.75) is 198 Å². The lowest BCUT2D eigenvalue weighted by Gasteiger charge is -2.30. The van der Waals surface area contributed by atoms with Crippen LogP contribution in [0.2, 0.25) is 0 Å². The van der Waals surface area contributed by atoms with E-state index in [1.165, 1.54) is 57.8 Å². The van der Waals surface area contributed by atoms with E-state index in [1.54, 1.807) is 0 Å². The summed E-state index contributed by atoms with van der Waals surface area (Å²) in [7, 11) is 0. The zero-order valence-electron chi connectivity index (χ0n) is 26.6. The van der Waals surface area contributed by atoms with E-state index in [9.17, 15) is 19.8 Å². The molecule has 2 fully saturated rings. The van der Waals surface area contributed by atoms with Crippen molar-refractivity contribution in [1.82, 2.24) is 0 Å². The molecule has 0 spiro atoms. The van der Waals surface area contributed by atoms with Crippen molar-refractivity contribution < 1.29 is 34.0 Å². The number of ether oxygens (including phenoxy) is 3. The maximum Gasteiger partial charge on any atom is 0.334 e. The molecule has 7 nitrogen and oxygen atoms in total. The number of cyclic esters (lactones) is 1. The molecule has 242 valence electrons. The van der Waals surface area contributed by atoms with Gasteiger partial charge in [0.25, 0.3) is 0 Å². The summed E-state index contributed by atoms with van der Waals surface area (Å²) in [6.07, 6.45) is 21.9. The highest BCUT2D eigenvalue weighted by Gasteiger charge is 2.34. The monoisotopic (exact) mass is 592 g/mol. The van der Waals surface area contributed by atoms with E-state index in [0.717, 1.165) is 57.8 Å². The van der Waals surface area contributed by atoms with E-state index in [-0.39, 0.29) is 42.3 Å². The number of ketones is 1. The number of hydrogen-bond donors (Lipinski definition) is 2. The van der Waals surface area contributed by atoms with Crippen LogP contribution in [0.5, 0.6) is 0 Å². The van der Waals surface area contributed by atoms with Crippen molar-refractivity contribution in [2.75, 3.05) is 0 Å². The zero-order valence-corrected chi connectivity index (χ0v) is 26.6. The van der Waals surface area contributed by atoms with Gasteiger partial charge in [0.05, 0.1) is 36.6 Å². The SMILES string of the molecule is CCCCCCCCCCCC[C@H](O)[C@@H]1CC[C@H]([C@H](O)CCCCC(=O)CC2CCCC(CC3=CC(C)OC3=O)O2)O1. The molecule has 0 radical (unpaired) electrons. The summed E-state index contributed by atoms with van der Waals surface area (Å²) in [6.45, 7) is 4.11. The molecular weight excluding hydrogens is 532 g/mol. The van der Waals surface area contributed by atoms with Gasteiger partial charge in [-0.05, 0) is 64.4 Å². The van der Waals surface area contributed by atoms with Gasteiger partial charge >= 0.3 is 5.97 Å². The highest BCUT2D eigenvalue weighted by molar-refractivity contribution is 5.90. The number of carbonyl (C=O) groups is 2. The Balaban J connectivity index is 1.19. The van der Waals surface area contributed by atoms with Crippen LogP contribution >= 0.6 is 0 Å². The van der Waals surface area contributed by atoms with Crippen molar-refractivity contribution in [3.8, 4) is 0 Å². The van der Waals surface area contributed by atoms with Gasteiger partial charge in [-0.15, -0.1) is 0 Å². The Morgan fingerprint density at radius 3 is 1.98 bits per heavy atom. The average Bonchev–Trinajstić information content (AvgIpc) is 3.58. The van der Waals surface area contributed by atoms with E-state index in [2.05, 4.69) is 6.92 Å². The zero-order chi connectivity index (χ0) is 30.2. The molecule has 0 aromatic heterocycles. The number of Topliss-reactive ketones (excluding diaryl/α,β-unsaturated/α-hetero) is 1. The lowest BCUT2D eigenvalue weighted by Crippen LogP contribution is -2.31. The van der Waals surface area contributed by atoms with Gasteiger partial charge < -0.3 is 24.4 Å². The second kappa shape index (κ2) is 19.9. The van der Waals surface area contributed by atoms with Gasteiger partial charge in [0.1, 0.15) is 11.9 Å². The van der Waals surface area contributed by atoms with Crippen LogP contribution in [-0.2, 0) is 23.8 Å². The van der Waals surface area contributed by atoms with Gasteiger partial charge in [-0.1, -0.05) is 77.6 Å². The van der Waals surface area contributed by atoms with Crippen LogP contribution in [0.25, 0.3) is 0 Å². The van der Waals surface area contributed by atoms with E-state index < -0.39 is 12.2 Å². The molecule has 3 unspecified atom stereocenters. The average molecular weight is 593 g/mol.